The number of nitriles is 2. The first-order valence-electron chi connectivity index (χ1n) is 15.7. The molecule has 3 saturated carbocycles. The molecule has 3 aliphatic carbocycles. The Bertz CT molecular complexity index is 1770. The predicted molar refractivity (Wildman–Crippen MR) is 166 cm³/mol. The fourth-order valence-electron chi connectivity index (χ4n) is 9.28. The smallest absolute Gasteiger partial charge is 0.336 e. The molecule has 1 heterocycles. The molecule has 248 valence electrons. The summed E-state index contributed by atoms with van der Waals surface area (Å²) in [6.45, 7) is 0. The summed E-state index contributed by atoms with van der Waals surface area (Å²) in [5.41, 5.74) is -10.7. The molecule has 5 atom stereocenters. The number of esters is 4. The highest BCUT2D eigenvalue weighted by Crippen LogP contribution is 2.89. The number of nitrogens with zero attached hydrogens (tertiary/aromatic N) is 3. The van der Waals surface area contributed by atoms with Crippen LogP contribution in [0, 0.1) is 44.3 Å². The number of methoxy groups -OCH3 is 4. The molecule has 4 fully saturated rings. The quantitative estimate of drug-likeness (QED) is 0.314. The molecule has 2 aromatic rings. The first-order chi connectivity index (χ1) is 23.1. The minimum atomic E-state index is -2.59. The maximum absolute atomic E-state index is 14.8. The van der Waals surface area contributed by atoms with Gasteiger partial charge < -0.3 is 23.7 Å². The van der Waals surface area contributed by atoms with Crippen LogP contribution in [0.5, 0.6) is 0 Å². The van der Waals surface area contributed by atoms with Gasteiger partial charge in [-0.15, -0.1) is 0 Å². The van der Waals surface area contributed by atoms with E-state index in [2.05, 4.69) is 0 Å². The number of aliphatic imine (C=N–C) groups is 1. The highest BCUT2D eigenvalue weighted by atomic mass is 16.6. The Balaban J connectivity index is 1.79. The summed E-state index contributed by atoms with van der Waals surface area (Å²) in [5, 5.41) is 21.9. The maximum Gasteiger partial charge on any atom is 0.336 e. The van der Waals surface area contributed by atoms with E-state index in [9.17, 15) is 29.7 Å². The van der Waals surface area contributed by atoms with Gasteiger partial charge in [0, 0.05) is 12.5 Å². The van der Waals surface area contributed by atoms with Crippen molar-refractivity contribution in [2.24, 2.45) is 26.7 Å². The number of hydrogen-bond donors (Lipinski definition) is 0. The van der Waals surface area contributed by atoms with Crippen LogP contribution >= 0.6 is 0 Å². The minimum Gasteiger partial charge on any atom is -0.468 e. The van der Waals surface area contributed by atoms with Gasteiger partial charge in [-0.25, -0.2) is 4.79 Å². The summed E-state index contributed by atoms with van der Waals surface area (Å²) in [7, 11) is 4.27. The zero-order valence-corrected chi connectivity index (χ0v) is 27.1. The molecule has 0 radical (unpaired) electrons. The van der Waals surface area contributed by atoms with Gasteiger partial charge in [-0.1, -0.05) is 73.9 Å². The fourth-order valence-corrected chi connectivity index (χ4v) is 9.28. The molecule has 0 bridgehead atoms. The van der Waals surface area contributed by atoms with Crippen molar-refractivity contribution in [2.45, 2.75) is 56.3 Å². The summed E-state index contributed by atoms with van der Waals surface area (Å²) in [4.78, 5) is 62.8. The van der Waals surface area contributed by atoms with Gasteiger partial charge in [0.05, 0.1) is 46.3 Å². The Hall–Kier alpha value is -5.07. The highest BCUT2D eigenvalue weighted by Gasteiger charge is 3.07. The fraction of sp³-hybridized carbons (Fsp3) is 0.472. The van der Waals surface area contributed by atoms with Gasteiger partial charge in [-0.3, -0.25) is 19.4 Å². The van der Waals surface area contributed by atoms with Crippen molar-refractivity contribution in [3.8, 4) is 23.3 Å². The lowest BCUT2D eigenvalue weighted by atomic mass is 9.30. The number of hydrogen-bond acceptors (Lipinski definition) is 12. The normalized spacial score (nSPS) is 32.1. The summed E-state index contributed by atoms with van der Waals surface area (Å²) in [6, 6.07) is 19.8. The molecule has 48 heavy (non-hydrogen) atoms. The molecule has 12 nitrogen and oxygen atoms in total. The average molecular weight is 654 g/mol. The Morgan fingerprint density at radius 1 is 0.771 bits per heavy atom. The van der Waals surface area contributed by atoms with Crippen LogP contribution in [0.25, 0.3) is 11.1 Å². The molecule has 1 saturated heterocycles. The van der Waals surface area contributed by atoms with Gasteiger partial charge in [0.2, 0.25) is 0 Å². The lowest BCUT2D eigenvalue weighted by molar-refractivity contribution is -0.206. The monoisotopic (exact) mass is 653 g/mol. The summed E-state index contributed by atoms with van der Waals surface area (Å²) >= 11 is 0. The van der Waals surface area contributed by atoms with Crippen molar-refractivity contribution in [2.75, 3.05) is 28.4 Å². The molecule has 0 aromatic heterocycles. The van der Waals surface area contributed by atoms with E-state index in [-0.39, 0.29) is 11.3 Å². The van der Waals surface area contributed by atoms with Crippen LogP contribution < -0.4 is 0 Å². The topological polar surface area (TPSA) is 174 Å². The van der Waals surface area contributed by atoms with Crippen molar-refractivity contribution in [3.05, 3.63) is 60.2 Å². The number of rotatable bonds is 7. The molecule has 1 aliphatic heterocycles. The van der Waals surface area contributed by atoms with E-state index in [4.69, 9.17) is 28.7 Å². The molecule has 2 aromatic carbocycles. The van der Waals surface area contributed by atoms with Gasteiger partial charge in [-0.2, -0.15) is 10.5 Å². The third-order valence-electron chi connectivity index (χ3n) is 11.0. The first kappa shape index (κ1) is 32.9. The average Bonchev–Trinajstić information content (AvgIpc) is 3.50. The SMILES string of the molecule is COC(=O)[C@H]1O[C@]2(c3ccc(-c4ccccc4)cc3)CC(C#N)(C#N)[C@]3(C(=O)OC)C(=NC4CCCCC4)[C@@]1(C(=O)OC)[C@@]32C(=O)OC. The number of carbonyl (C=O) groups is 4. The highest BCUT2D eigenvalue weighted by molar-refractivity contribution is 6.33. The van der Waals surface area contributed by atoms with Crippen LogP contribution in [0.2, 0.25) is 0 Å². The molecule has 12 heteroatoms. The van der Waals surface area contributed by atoms with E-state index < -0.39 is 69.7 Å². The molecule has 6 rings (SSSR count). The zero-order chi connectivity index (χ0) is 34.5. The predicted octanol–water partition coefficient (Wildman–Crippen LogP) is 3.82. The summed E-state index contributed by atoms with van der Waals surface area (Å²) in [5.74, 6) is -4.52. The van der Waals surface area contributed by atoms with Crippen molar-refractivity contribution >= 4 is 29.6 Å². The molecular weight excluding hydrogens is 618 g/mol. The summed E-state index contributed by atoms with van der Waals surface area (Å²) in [6.07, 6.45) is 1.12. The van der Waals surface area contributed by atoms with Gasteiger partial charge in [0.25, 0.3) is 0 Å². The van der Waals surface area contributed by atoms with Gasteiger partial charge in [-0.05, 0) is 29.5 Å². The van der Waals surface area contributed by atoms with Crippen molar-refractivity contribution < 1.29 is 42.9 Å². The Labute approximate surface area is 277 Å². The van der Waals surface area contributed by atoms with Crippen LogP contribution in [-0.4, -0.2) is 70.2 Å². The Morgan fingerprint density at radius 2 is 1.35 bits per heavy atom. The van der Waals surface area contributed by atoms with Crippen LogP contribution in [0.1, 0.15) is 44.1 Å². The van der Waals surface area contributed by atoms with E-state index in [1.807, 2.05) is 42.5 Å². The summed E-state index contributed by atoms with van der Waals surface area (Å²) < 4.78 is 28.0. The second-order valence-electron chi connectivity index (χ2n) is 12.6. The zero-order valence-electron chi connectivity index (χ0n) is 27.1. The molecular formula is C36H35N3O9. The molecule has 0 unspecified atom stereocenters. The number of benzene rings is 2. The van der Waals surface area contributed by atoms with E-state index in [0.717, 1.165) is 58.8 Å². The van der Waals surface area contributed by atoms with E-state index in [1.165, 1.54) is 0 Å². The molecule has 0 amide bonds. The lowest BCUT2D eigenvalue weighted by Gasteiger charge is -2.64. The first-order valence-corrected chi connectivity index (χ1v) is 15.7. The van der Waals surface area contributed by atoms with Gasteiger partial charge in [0.1, 0.15) is 11.0 Å². The molecule has 4 aliphatic rings. The van der Waals surface area contributed by atoms with Crippen molar-refractivity contribution in [3.63, 3.8) is 0 Å². The third kappa shape index (κ3) is 3.53. The Morgan fingerprint density at radius 3 is 1.90 bits per heavy atom. The largest absolute Gasteiger partial charge is 0.468 e. The van der Waals surface area contributed by atoms with Gasteiger partial charge >= 0.3 is 23.9 Å². The van der Waals surface area contributed by atoms with Crippen LogP contribution in [0.15, 0.2) is 59.6 Å². The van der Waals surface area contributed by atoms with Crippen LogP contribution in [0.4, 0.5) is 0 Å². The van der Waals surface area contributed by atoms with Gasteiger partial charge in [0.15, 0.2) is 22.3 Å². The lowest BCUT2D eigenvalue weighted by Crippen LogP contribution is -2.85. The van der Waals surface area contributed by atoms with Crippen LogP contribution in [0.3, 0.4) is 0 Å². The standard InChI is InChI=1S/C36H35N3O9/c1-44-27(40)26-34(29(41)45-2)28(39-25-13-9-6-10-14-25)35(30(42)46-3)32(20-37,21-38)19-33(48-26,36(34,35)31(43)47-4)24-17-15-23(16-18-24)22-11-7-5-8-12-22/h5,7-8,11-12,15-18,25-26H,6,9-10,13-14,19H2,1-4H3/t26-,33+,34+,35-,36+/m1/s1. The van der Waals surface area contributed by atoms with Crippen molar-refractivity contribution in [1.29, 1.82) is 10.5 Å². The number of ether oxygens (including phenoxy) is 5. The van der Waals surface area contributed by atoms with E-state index in [1.54, 1.807) is 24.3 Å². The molecule has 0 N–H and O–H groups in total. The Kier molecular flexibility index (Phi) is 7.92. The second-order valence-corrected chi connectivity index (χ2v) is 12.6. The third-order valence-corrected chi connectivity index (χ3v) is 11.0. The van der Waals surface area contributed by atoms with Crippen LogP contribution in [-0.2, 0) is 48.5 Å². The second kappa shape index (κ2) is 11.6. The van der Waals surface area contributed by atoms with Crippen molar-refractivity contribution in [1.82, 2.24) is 0 Å². The maximum atomic E-state index is 14.8. The molecule has 0 spiro atoms. The number of carbonyl (C=O) groups excluding carboxylic acids is 4. The van der Waals surface area contributed by atoms with E-state index >= 15 is 0 Å². The minimum absolute atomic E-state index is 0.213. The van der Waals surface area contributed by atoms with E-state index in [0.29, 0.717) is 12.8 Å².